The fraction of sp³-hybridized carbons (Fsp3) is 1.00. The lowest BCUT2D eigenvalue weighted by molar-refractivity contribution is 0.150. The second kappa shape index (κ2) is 4.43. The van der Waals surface area contributed by atoms with Crippen LogP contribution in [0.2, 0.25) is 0 Å². The lowest BCUT2D eigenvalue weighted by atomic mass is 10.1. The van der Waals surface area contributed by atoms with Crippen LogP contribution in [0.4, 0.5) is 0 Å². The van der Waals surface area contributed by atoms with Crippen LogP contribution in [0, 0.1) is 0 Å². The molecule has 2 nitrogen and oxygen atoms in total. The fourth-order valence-electron chi connectivity index (χ4n) is 3.03. The Hall–Kier alpha value is -0.0800. The highest BCUT2D eigenvalue weighted by molar-refractivity contribution is 4.87. The summed E-state index contributed by atoms with van der Waals surface area (Å²) in [5.41, 5.74) is 0. The van der Waals surface area contributed by atoms with Gasteiger partial charge < -0.3 is 5.11 Å². The van der Waals surface area contributed by atoms with E-state index in [4.69, 9.17) is 5.11 Å². The Morgan fingerprint density at radius 1 is 1.08 bits per heavy atom. The summed E-state index contributed by atoms with van der Waals surface area (Å²) in [6.45, 7) is 1.66. The minimum absolute atomic E-state index is 0.369. The van der Waals surface area contributed by atoms with E-state index in [-0.39, 0.29) is 0 Å². The molecule has 0 amide bonds. The zero-order valence-electron chi connectivity index (χ0n) is 8.41. The van der Waals surface area contributed by atoms with Gasteiger partial charge in [0.1, 0.15) is 0 Å². The van der Waals surface area contributed by atoms with Gasteiger partial charge in [-0.3, -0.25) is 4.90 Å². The predicted octanol–water partition coefficient (Wildman–Crippen LogP) is 1.78. The number of hydrogen-bond acceptors (Lipinski definition) is 2. The van der Waals surface area contributed by atoms with Crippen LogP contribution in [-0.4, -0.2) is 35.2 Å². The maximum atomic E-state index is 8.96. The Labute approximate surface area is 80.9 Å². The Balaban J connectivity index is 1.88. The van der Waals surface area contributed by atoms with Crippen LogP contribution < -0.4 is 0 Å². The highest BCUT2D eigenvalue weighted by atomic mass is 16.3. The van der Waals surface area contributed by atoms with Crippen LogP contribution in [0.15, 0.2) is 0 Å². The van der Waals surface area contributed by atoms with E-state index in [2.05, 4.69) is 4.90 Å². The minimum Gasteiger partial charge on any atom is -0.396 e. The summed E-state index contributed by atoms with van der Waals surface area (Å²) in [4.78, 5) is 2.67. The molecule has 0 aromatic heterocycles. The van der Waals surface area contributed by atoms with Crippen molar-refractivity contribution >= 4 is 0 Å². The number of aliphatic hydroxyl groups is 1. The average molecular weight is 183 g/mol. The smallest absolute Gasteiger partial charge is 0.0445 e. The van der Waals surface area contributed by atoms with Gasteiger partial charge in [-0.25, -0.2) is 0 Å². The van der Waals surface area contributed by atoms with Gasteiger partial charge in [-0.15, -0.1) is 0 Å². The molecule has 2 aliphatic rings. The van der Waals surface area contributed by atoms with Crippen molar-refractivity contribution in [3.05, 3.63) is 0 Å². The van der Waals surface area contributed by atoms with Crippen LogP contribution in [-0.2, 0) is 0 Å². The molecule has 1 heterocycles. The maximum absolute atomic E-state index is 8.96. The van der Waals surface area contributed by atoms with Crippen molar-refractivity contribution in [1.29, 1.82) is 0 Å². The molecular weight excluding hydrogens is 162 g/mol. The summed E-state index contributed by atoms with van der Waals surface area (Å²) in [6.07, 6.45) is 9.32. The molecule has 0 radical (unpaired) electrons. The third-order valence-corrected chi connectivity index (χ3v) is 3.68. The summed E-state index contributed by atoms with van der Waals surface area (Å²) in [7, 11) is 0. The molecule has 0 spiro atoms. The van der Waals surface area contributed by atoms with E-state index in [9.17, 15) is 0 Å². The van der Waals surface area contributed by atoms with E-state index in [1.807, 2.05) is 0 Å². The van der Waals surface area contributed by atoms with E-state index < -0.39 is 0 Å². The van der Waals surface area contributed by atoms with Crippen molar-refractivity contribution < 1.29 is 5.11 Å². The second-order valence-electron chi connectivity index (χ2n) is 4.48. The van der Waals surface area contributed by atoms with E-state index >= 15 is 0 Å². The molecule has 1 saturated heterocycles. The first-order valence-electron chi connectivity index (χ1n) is 5.78. The van der Waals surface area contributed by atoms with Crippen molar-refractivity contribution in [1.82, 2.24) is 4.90 Å². The number of hydrogen-bond donors (Lipinski definition) is 1. The SMILES string of the molecule is OCCC1CCCN1C1CCCC1. The van der Waals surface area contributed by atoms with Gasteiger partial charge in [0, 0.05) is 18.7 Å². The van der Waals surface area contributed by atoms with E-state index in [1.54, 1.807) is 0 Å². The molecule has 1 aliphatic heterocycles. The van der Waals surface area contributed by atoms with Crippen molar-refractivity contribution in [2.75, 3.05) is 13.2 Å². The van der Waals surface area contributed by atoms with E-state index in [0.29, 0.717) is 12.6 Å². The number of nitrogens with zero attached hydrogens (tertiary/aromatic N) is 1. The second-order valence-corrected chi connectivity index (χ2v) is 4.48. The Morgan fingerprint density at radius 3 is 2.54 bits per heavy atom. The normalized spacial score (nSPS) is 31.6. The zero-order chi connectivity index (χ0) is 9.10. The van der Waals surface area contributed by atoms with Gasteiger partial charge in [-0.2, -0.15) is 0 Å². The molecule has 0 aromatic rings. The molecule has 1 aliphatic carbocycles. The summed E-state index contributed by atoms with van der Waals surface area (Å²) in [5.74, 6) is 0. The molecule has 2 heteroatoms. The summed E-state index contributed by atoms with van der Waals surface area (Å²) in [6, 6.07) is 1.56. The standard InChI is InChI=1S/C11H21NO/c13-9-7-11-6-3-8-12(11)10-4-1-2-5-10/h10-11,13H,1-9H2. The summed E-state index contributed by atoms with van der Waals surface area (Å²) >= 11 is 0. The predicted molar refractivity (Wildman–Crippen MR) is 53.7 cm³/mol. The van der Waals surface area contributed by atoms with Crippen molar-refractivity contribution in [2.45, 2.75) is 57.0 Å². The number of rotatable bonds is 3. The molecule has 0 aromatic carbocycles. The van der Waals surface area contributed by atoms with E-state index in [0.717, 1.165) is 12.5 Å². The van der Waals surface area contributed by atoms with Crippen LogP contribution >= 0.6 is 0 Å². The lowest BCUT2D eigenvalue weighted by Gasteiger charge is -2.30. The van der Waals surface area contributed by atoms with Crippen LogP contribution in [0.1, 0.15) is 44.9 Å². The Kier molecular flexibility index (Phi) is 3.23. The third kappa shape index (κ3) is 2.05. The first-order valence-corrected chi connectivity index (χ1v) is 5.78. The van der Waals surface area contributed by atoms with E-state index in [1.165, 1.54) is 45.1 Å². The maximum Gasteiger partial charge on any atom is 0.0445 e. The summed E-state index contributed by atoms with van der Waals surface area (Å²) in [5, 5.41) is 8.96. The first kappa shape index (κ1) is 9.47. The van der Waals surface area contributed by atoms with Crippen molar-refractivity contribution in [3.8, 4) is 0 Å². The molecule has 76 valence electrons. The monoisotopic (exact) mass is 183 g/mol. The lowest BCUT2D eigenvalue weighted by Crippen LogP contribution is -2.37. The minimum atomic E-state index is 0.369. The van der Waals surface area contributed by atoms with Gasteiger partial charge in [0.2, 0.25) is 0 Å². The van der Waals surface area contributed by atoms with Crippen molar-refractivity contribution in [2.24, 2.45) is 0 Å². The third-order valence-electron chi connectivity index (χ3n) is 3.68. The Bertz CT molecular complexity index is 154. The van der Waals surface area contributed by atoms with Crippen LogP contribution in [0.3, 0.4) is 0 Å². The fourth-order valence-corrected chi connectivity index (χ4v) is 3.03. The molecule has 13 heavy (non-hydrogen) atoms. The molecule has 1 unspecified atom stereocenters. The zero-order valence-corrected chi connectivity index (χ0v) is 8.41. The van der Waals surface area contributed by atoms with Crippen molar-refractivity contribution in [3.63, 3.8) is 0 Å². The molecule has 2 fully saturated rings. The Morgan fingerprint density at radius 2 is 1.85 bits per heavy atom. The molecule has 1 N–H and O–H groups in total. The first-order chi connectivity index (χ1) is 6.42. The van der Waals surface area contributed by atoms with Gasteiger partial charge in [-0.05, 0) is 38.6 Å². The summed E-state index contributed by atoms with van der Waals surface area (Å²) < 4.78 is 0. The van der Waals surface area contributed by atoms with Gasteiger partial charge >= 0.3 is 0 Å². The van der Waals surface area contributed by atoms with Gasteiger partial charge in [-0.1, -0.05) is 12.8 Å². The van der Waals surface area contributed by atoms with Gasteiger partial charge in [0.25, 0.3) is 0 Å². The molecule has 1 atom stereocenters. The number of aliphatic hydroxyl groups excluding tert-OH is 1. The highest BCUT2D eigenvalue weighted by Gasteiger charge is 2.31. The average Bonchev–Trinajstić information content (AvgIpc) is 2.71. The number of likely N-dealkylation sites (tertiary alicyclic amines) is 1. The quantitative estimate of drug-likeness (QED) is 0.721. The molecule has 0 bridgehead atoms. The van der Waals surface area contributed by atoms with Gasteiger partial charge in [0.05, 0.1) is 0 Å². The molecule has 1 saturated carbocycles. The largest absolute Gasteiger partial charge is 0.396 e. The highest BCUT2D eigenvalue weighted by Crippen LogP contribution is 2.30. The molecular formula is C11H21NO. The van der Waals surface area contributed by atoms with Crippen LogP contribution in [0.25, 0.3) is 0 Å². The topological polar surface area (TPSA) is 23.5 Å². The van der Waals surface area contributed by atoms with Gasteiger partial charge in [0.15, 0.2) is 0 Å². The van der Waals surface area contributed by atoms with Crippen LogP contribution in [0.5, 0.6) is 0 Å². The molecule has 2 rings (SSSR count).